The highest BCUT2D eigenvalue weighted by Gasteiger charge is 2.06. The van der Waals surface area contributed by atoms with Crippen LogP contribution in [0, 0.1) is 5.82 Å². The lowest BCUT2D eigenvalue weighted by Crippen LogP contribution is -2.00. The van der Waals surface area contributed by atoms with Crippen LogP contribution in [-0.4, -0.2) is 24.3 Å². The van der Waals surface area contributed by atoms with Crippen molar-refractivity contribution in [1.82, 2.24) is 4.98 Å². The first-order chi connectivity index (χ1) is 12.7. The van der Waals surface area contributed by atoms with E-state index in [1.54, 1.807) is 42.6 Å². The van der Waals surface area contributed by atoms with Gasteiger partial charge in [-0.2, -0.15) is 0 Å². The van der Waals surface area contributed by atoms with Crippen molar-refractivity contribution in [3.05, 3.63) is 76.5 Å². The molecular weight excluding hydrogens is 355 g/mol. The van der Waals surface area contributed by atoms with Crippen LogP contribution >= 0.6 is 11.3 Å². The molecule has 1 aromatic heterocycles. The molecule has 5 nitrogen and oxygen atoms in total. The van der Waals surface area contributed by atoms with Crippen molar-refractivity contribution in [2.75, 3.05) is 7.11 Å². The number of thiazole rings is 1. The van der Waals surface area contributed by atoms with E-state index >= 15 is 0 Å². The third kappa shape index (κ3) is 4.52. The van der Waals surface area contributed by atoms with E-state index in [9.17, 15) is 9.18 Å². The largest absolute Gasteiger partial charge is 0.465 e. The van der Waals surface area contributed by atoms with E-state index in [0.717, 1.165) is 21.8 Å². The first-order valence-corrected chi connectivity index (χ1v) is 8.58. The van der Waals surface area contributed by atoms with Gasteiger partial charge in [0.05, 0.1) is 24.6 Å². The quantitative estimate of drug-likeness (QED) is 0.369. The fourth-order valence-electron chi connectivity index (χ4n) is 2.12. The SMILES string of the molecule is COC(=O)c1ccc(/C=N/OCc2csc(-c3ccc(F)cc3)n2)cc1. The van der Waals surface area contributed by atoms with Crippen LogP contribution in [0.25, 0.3) is 10.6 Å². The molecule has 0 N–H and O–H groups in total. The van der Waals surface area contributed by atoms with Crippen molar-refractivity contribution in [2.24, 2.45) is 5.16 Å². The summed E-state index contributed by atoms with van der Waals surface area (Å²) in [5.41, 5.74) is 2.87. The summed E-state index contributed by atoms with van der Waals surface area (Å²) >= 11 is 1.46. The third-order valence-electron chi connectivity index (χ3n) is 3.46. The van der Waals surface area contributed by atoms with Crippen LogP contribution in [0.15, 0.2) is 59.1 Å². The Morgan fingerprint density at radius 1 is 1.19 bits per heavy atom. The lowest BCUT2D eigenvalue weighted by Gasteiger charge is -1.99. The second-order valence-electron chi connectivity index (χ2n) is 5.27. The van der Waals surface area contributed by atoms with Crippen molar-refractivity contribution in [2.45, 2.75) is 6.61 Å². The molecule has 0 spiro atoms. The van der Waals surface area contributed by atoms with E-state index in [2.05, 4.69) is 14.9 Å². The second-order valence-corrected chi connectivity index (χ2v) is 6.13. The Kier molecular flexibility index (Phi) is 5.70. The van der Waals surface area contributed by atoms with Crippen LogP contribution in [0.2, 0.25) is 0 Å². The smallest absolute Gasteiger partial charge is 0.337 e. The van der Waals surface area contributed by atoms with Crippen LogP contribution in [0.1, 0.15) is 21.6 Å². The first kappa shape index (κ1) is 17.8. The van der Waals surface area contributed by atoms with Crippen LogP contribution in [0.5, 0.6) is 0 Å². The highest BCUT2D eigenvalue weighted by molar-refractivity contribution is 7.13. The first-order valence-electron chi connectivity index (χ1n) is 7.70. The molecule has 0 radical (unpaired) electrons. The van der Waals surface area contributed by atoms with E-state index < -0.39 is 0 Å². The molecule has 0 aliphatic rings. The van der Waals surface area contributed by atoms with Crippen LogP contribution in [-0.2, 0) is 16.2 Å². The summed E-state index contributed by atoms with van der Waals surface area (Å²) in [6.07, 6.45) is 1.55. The number of methoxy groups -OCH3 is 1. The minimum atomic E-state index is -0.384. The lowest BCUT2D eigenvalue weighted by atomic mass is 10.1. The summed E-state index contributed by atoms with van der Waals surface area (Å²) in [6, 6.07) is 13.0. The molecule has 0 aliphatic carbocycles. The van der Waals surface area contributed by atoms with Gasteiger partial charge in [0.25, 0.3) is 0 Å². The third-order valence-corrected chi connectivity index (χ3v) is 4.40. The number of esters is 1. The molecule has 132 valence electrons. The number of hydrogen-bond acceptors (Lipinski definition) is 6. The zero-order valence-electron chi connectivity index (χ0n) is 13.9. The minimum Gasteiger partial charge on any atom is -0.465 e. The van der Waals surface area contributed by atoms with Crippen molar-refractivity contribution in [3.63, 3.8) is 0 Å². The molecule has 0 saturated heterocycles. The number of oxime groups is 1. The van der Waals surface area contributed by atoms with Crippen LogP contribution in [0.3, 0.4) is 0 Å². The molecule has 0 bridgehead atoms. The molecule has 2 aromatic carbocycles. The summed E-state index contributed by atoms with van der Waals surface area (Å²) in [6.45, 7) is 0.231. The van der Waals surface area contributed by atoms with Crippen LogP contribution in [0.4, 0.5) is 4.39 Å². The number of nitrogens with zero attached hydrogens (tertiary/aromatic N) is 2. The van der Waals surface area contributed by atoms with E-state index in [1.165, 1.54) is 30.6 Å². The van der Waals surface area contributed by atoms with Crippen molar-refractivity contribution in [1.29, 1.82) is 0 Å². The van der Waals surface area contributed by atoms with Crippen molar-refractivity contribution in [3.8, 4) is 10.6 Å². The maximum Gasteiger partial charge on any atom is 0.337 e. The molecule has 0 atom stereocenters. The number of rotatable bonds is 6. The maximum atomic E-state index is 13.0. The molecule has 0 unspecified atom stereocenters. The second kappa shape index (κ2) is 8.35. The molecule has 0 aliphatic heterocycles. The number of ether oxygens (including phenoxy) is 1. The number of carbonyl (C=O) groups is 1. The Balaban J connectivity index is 1.54. The van der Waals surface area contributed by atoms with Gasteiger partial charge in [0.2, 0.25) is 0 Å². The van der Waals surface area contributed by atoms with Crippen LogP contribution < -0.4 is 0 Å². The van der Waals surface area contributed by atoms with Gasteiger partial charge in [-0.05, 0) is 42.0 Å². The van der Waals surface area contributed by atoms with Gasteiger partial charge in [-0.15, -0.1) is 11.3 Å². The summed E-state index contributed by atoms with van der Waals surface area (Å²) < 4.78 is 17.6. The highest BCUT2D eigenvalue weighted by atomic mass is 32.1. The van der Waals surface area contributed by atoms with Crippen molar-refractivity contribution >= 4 is 23.5 Å². The molecule has 26 heavy (non-hydrogen) atoms. The van der Waals surface area contributed by atoms with Gasteiger partial charge in [-0.1, -0.05) is 17.3 Å². The molecule has 7 heteroatoms. The van der Waals surface area contributed by atoms with Gasteiger partial charge in [-0.25, -0.2) is 14.2 Å². The van der Waals surface area contributed by atoms with E-state index in [0.29, 0.717) is 5.56 Å². The molecular formula is C19H15FN2O3S. The Morgan fingerprint density at radius 2 is 1.92 bits per heavy atom. The zero-order chi connectivity index (χ0) is 18.4. The van der Waals surface area contributed by atoms with E-state index in [4.69, 9.17) is 4.84 Å². The standard InChI is InChI=1S/C19H15FN2O3S/c1-24-19(23)15-4-2-13(3-5-15)10-21-25-11-17-12-26-18(22-17)14-6-8-16(20)9-7-14/h2-10,12H,11H2,1H3/b21-10+. The molecule has 0 amide bonds. The number of hydrogen-bond donors (Lipinski definition) is 0. The number of halogens is 1. The summed E-state index contributed by atoms with van der Waals surface area (Å²) in [5.74, 6) is -0.659. The van der Waals surface area contributed by atoms with Gasteiger partial charge < -0.3 is 9.57 Å². The van der Waals surface area contributed by atoms with Gasteiger partial charge in [0.1, 0.15) is 10.8 Å². The average molecular weight is 370 g/mol. The predicted octanol–water partition coefficient (Wildman–Crippen LogP) is 4.29. The Bertz CT molecular complexity index is 905. The summed E-state index contributed by atoms with van der Waals surface area (Å²) in [5, 5.41) is 6.57. The predicted molar refractivity (Wildman–Crippen MR) is 97.7 cm³/mol. The number of carbonyl (C=O) groups excluding carboxylic acids is 1. The van der Waals surface area contributed by atoms with Gasteiger partial charge >= 0.3 is 5.97 Å². The fourth-order valence-corrected chi connectivity index (χ4v) is 2.93. The molecule has 3 aromatic rings. The lowest BCUT2D eigenvalue weighted by molar-refractivity contribution is 0.0600. The minimum absolute atomic E-state index is 0.231. The van der Waals surface area contributed by atoms with Gasteiger partial charge in [0.15, 0.2) is 6.61 Å². The molecule has 0 fully saturated rings. The Morgan fingerprint density at radius 3 is 2.62 bits per heavy atom. The van der Waals surface area contributed by atoms with E-state index in [-0.39, 0.29) is 18.4 Å². The number of benzene rings is 2. The molecule has 3 rings (SSSR count). The fraction of sp³-hybridized carbons (Fsp3) is 0.105. The monoisotopic (exact) mass is 370 g/mol. The Labute approximate surface area is 153 Å². The molecule has 0 saturated carbocycles. The summed E-state index contributed by atoms with van der Waals surface area (Å²) in [7, 11) is 1.34. The van der Waals surface area contributed by atoms with Gasteiger partial charge in [0, 0.05) is 10.9 Å². The molecule has 1 heterocycles. The normalized spacial score (nSPS) is 10.8. The van der Waals surface area contributed by atoms with Gasteiger partial charge in [-0.3, -0.25) is 0 Å². The maximum absolute atomic E-state index is 13.0. The van der Waals surface area contributed by atoms with Crippen molar-refractivity contribution < 1.29 is 18.8 Å². The summed E-state index contributed by atoms with van der Waals surface area (Å²) in [4.78, 5) is 21.1. The average Bonchev–Trinajstić information content (AvgIpc) is 3.14. The number of aromatic nitrogens is 1. The highest BCUT2D eigenvalue weighted by Crippen LogP contribution is 2.24. The topological polar surface area (TPSA) is 60.8 Å². The van der Waals surface area contributed by atoms with E-state index in [1.807, 2.05) is 5.38 Å². The zero-order valence-corrected chi connectivity index (χ0v) is 14.7. The Hall–Kier alpha value is -3.06.